The van der Waals surface area contributed by atoms with Gasteiger partial charge in [-0.3, -0.25) is 14.4 Å². The van der Waals surface area contributed by atoms with Crippen LogP contribution in [0.15, 0.2) is 42.5 Å². The van der Waals surface area contributed by atoms with Gasteiger partial charge in [-0.15, -0.1) is 0 Å². The number of nitrogens with one attached hydrogen (secondary N) is 1. The lowest BCUT2D eigenvalue weighted by molar-refractivity contribution is -0.129. The maximum absolute atomic E-state index is 12.9. The Morgan fingerprint density at radius 3 is 2.45 bits per heavy atom. The monoisotopic (exact) mass is 392 g/mol. The number of nitrogens with zero attached hydrogens (tertiary/aromatic N) is 1. The van der Waals surface area contributed by atoms with E-state index in [1.54, 1.807) is 12.1 Å². The lowest BCUT2D eigenvalue weighted by Gasteiger charge is -2.16. The molecule has 1 saturated carbocycles. The molecule has 4 rings (SSSR count). The minimum atomic E-state index is -0.947. The fourth-order valence-corrected chi connectivity index (χ4v) is 3.23. The molecule has 148 valence electrons. The minimum absolute atomic E-state index is 0.114. The van der Waals surface area contributed by atoms with Crippen molar-refractivity contribution in [1.29, 1.82) is 0 Å². The molecule has 1 atom stereocenters. The average Bonchev–Trinajstić information content (AvgIpc) is 3.48. The van der Waals surface area contributed by atoms with Gasteiger partial charge in [-0.05, 0) is 56.5 Å². The fraction of sp³-hybridized carbons (Fsp3) is 0.273. The maximum Gasteiger partial charge on any atom is 0.338 e. The molecule has 1 aliphatic carbocycles. The number of ether oxygens (including phenoxy) is 1. The Balaban J connectivity index is 1.55. The molecule has 0 bridgehead atoms. The zero-order valence-electron chi connectivity index (χ0n) is 16.1. The molecule has 0 saturated heterocycles. The lowest BCUT2D eigenvalue weighted by atomic mass is 10.1. The summed E-state index contributed by atoms with van der Waals surface area (Å²) < 4.78 is 5.22. The number of anilines is 1. The van der Waals surface area contributed by atoms with E-state index >= 15 is 0 Å². The zero-order chi connectivity index (χ0) is 20.7. The van der Waals surface area contributed by atoms with E-state index in [0.717, 1.165) is 23.3 Å². The number of esters is 1. The summed E-state index contributed by atoms with van der Waals surface area (Å²) in [6.45, 7) is 3.31. The maximum atomic E-state index is 12.9. The van der Waals surface area contributed by atoms with Crippen molar-refractivity contribution in [3.8, 4) is 0 Å². The number of aryl methyl sites for hydroxylation is 1. The molecule has 1 heterocycles. The van der Waals surface area contributed by atoms with Crippen LogP contribution in [0.3, 0.4) is 0 Å². The van der Waals surface area contributed by atoms with Gasteiger partial charge in [-0.1, -0.05) is 18.2 Å². The van der Waals surface area contributed by atoms with Crippen molar-refractivity contribution in [3.05, 3.63) is 64.7 Å². The first-order valence-electron chi connectivity index (χ1n) is 9.46. The first-order chi connectivity index (χ1) is 13.9. The number of para-hydroxylation sites is 1. The van der Waals surface area contributed by atoms with E-state index in [4.69, 9.17) is 4.74 Å². The lowest BCUT2D eigenvalue weighted by Crippen LogP contribution is -2.37. The van der Waals surface area contributed by atoms with Gasteiger partial charge in [0.15, 0.2) is 6.10 Å². The number of hydrogen-bond acceptors (Lipinski definition) is 5. The van der Waals surface area contributed by atoms with Crippen molar-refractivity contribution in [2.75, 3.05) is 4.90 Å². The summed E-state index contributed by atoms with van der Waals surface area (Å²) in [4.78, 5) is 51.2. The standard InChI is InChI=1S/C22H20N2O5/c1-12-5-3-4-6-18(12)24-20(26)16-10-7-14(11-17(16)21(24)27)22(28)29-13(2)19(25)23-15-8-9-15/h3-7,10-11,13,15H,8-9H2,1-2H3,(H,23,25)/t13-/m0/s1. The number of amides is 3. The van der Waals surface area contributed by atoms with E-state index < -0.39 is 23.9 Å². The van der Waals surface area contributed by atoms with Crippen molar-refractivity contribution in [2.45, 2.75) is 38.8 Å². The third-order valence-corrected chi connectivity index (χ3v) is 5.06. The van der Waals surface area contributed by atoms with Gasteiger partial charge in [-0.25, -0.2) is 9.69 Å². The topological polar surface area (TPSA) is 92.8 Å². The van der Waals surface area contributed by atoms with E-state index in [0.29, 0.717) is 5.69 Å². The largest absolute Gasteiger partial charge is 0.449 e. The highest BCUT2D eigenvalue weighted by molar-refractivity contribution is 6.34. The second-order valence-electron chi connectivity index (χ2n) is 7.32. The Kier molecular flexibility index (Phi) is 4.66. The van der Waals surface area contributed by atoms with Crippen molar-refractivity contribution in [1.82, 2.24) is 5.32 Å². The minimum Gasteiger partial charge on any atom is -0.449 e. The van der Waals surface area contributed by atoms with Crippen molar-refractivity contribution >= 4 is 29.4 Å². The second kappa shape index (κ2) is 7.16. The van der Waals surface area contributed by atoms with E-state index in [2.05, 4.69) is 5.32 Å². The molecule has 0 aromatic heterocycles. The molecule has 3 amide bonds. The Bertz CT molecular complexity index is 1040. The molecule has 2 aromatic carbocycles. The first-order valence-corrected chi connectivity index (χ1v) is 9.46. The molecular formula is C22H20N2O5. The average molecular weight is 392 g/mol. The van der Waals surface area contributed by atoms with Crippen LogP contribution in [0.1, 0.15) is 56.4 Å². The quantitative estimate of drug-likeness (QED) is 0.624. The molecule has 2 aliphatic rings. The molecule has 0 radical (unpaired) electrons. The van der Waals surface area contributed by atoms with Crippen molar-refractivity contribution in [3.63, 3.8) is 0 Å². The van der Waals surface area contributed by atoms with Crippen LogP contribution in [0, 0.1) is 6.92 Å². The summed E-state index contributed by atoms with van der Waals surface area (Å²) >= 11 is 0. The van der Waals surface area contributed by atoms with Gasteiger partial charge < -0.3 is 10.1 Å². The molecule has 2 aromatic rings. The third kappa shape index (κ3) is 3.51. The molecule has 7 nitrogen and oxygen atoms in total. The van der Waals surface area contributed by atoms with E-state index in [9.17, 15) is 19.2 Å². The summed E-state index contributed by atoms with van der Waals surface area (Å²) in [5.41, 5.74) is 1.78. The Hall–Kier alpha value is -3.48. The normalized spacial score (nSPS) is 16.4. The number of rotatable bonds is 5. The highest BCUT2D eigenvalue weighted by Gasteiger charge is 2.38. The predicted octanol–water partition coefficient (Wildman–Crippen LogP) is 2.62. The zero-order valence-corrected chi connectivity index (χ0v) is 16.1. The molecule has 0 spiro atoms. The summed E-state index contributed by atoms with van der Waals surface area (Å²) in [6.07, 6.45) is 0.923. The summed E-state index contributed by atoms with van der Waals surface area (Å²) in [5.74, 6) is -2.00. The number of carbonyl (C=O) groups is 4. The van der Waals surface area contributed by atoms with Crippen LogP contribution in [-0.4, -0.2) is 35.8 Å². The van der Waals surface area contributed by atoms with Gasteiger partial charge in [-0.2, -0.15) is 0 Å². The van der Waals surface area contributed by atoms with E-state index in [1.807, 2.05) is 19.1 Å². The molecule has 29 heavy (non-hydrogen) atoms. The molecule has 1 aliphatic heterocycles. The van der Waals surface area contributed by atoms with Gasteiger partial charge in [0.05, 0.1) is 22.4 Å². The Morgan fingerprint density at radius 2 is 1.76 bits per heavy atom. The highest BCUT2D eigenvalue weighted by Crippen LogP contribution is 2.31. The van der Waals surface area contributed by atoms with Crippen LogP contribution in [0.4, 0.5) is 5.69 Å². The van der Waals surface area contributed by atoms with Gasteiger partial charge in [0.25, 0.3) is 17.7 Å². The van der Waals surface area contributed by atoms with Crippen LogP contribution in [-0.2, 0) is 9.53 Å². The molecule has 0 unspecified atom stereocenters. The van der Waals surface area contributed by atoms with E-state index in [-0.39, 0.29) is 28.6 Å². The summed E-state index contributed by atoms with van der Waals surface area (Å²) in [7, 11) is 0. The Labute approximate surface area is 167 Å². The van der Waals surface area contributed by atoms with Crippen molar-refractivity contribution < 1.29 is 23.9 Å². The van der Waals surface area contributed by atoms with Crippen LogP contribution >= 0.6 is 0 Å². The molecule has 7 heteroatoms. The van der Waals surface area contributed by atoms with Gasteiger partial charge in [0.2, 0.25) is 0 Å². The molecule has 1 fully saturated rings. The Morgan fingerprint density at radius 1 is 1.07 bits per heavy atom. The fourth-order valence-electron chi connectivity index (χ4n) is 3.23. The van der Waals surface area contributed by atoms with Crippen LogP contribution in [0.25, 0.3) is 0 Å². The molecular weight excluding hydrogens is 372 g/mol. The number of benzene rings is 2. The number of hydrogen-bond donors (Lipinski definition) is 1. The van der Waals surface area contributed by atoms with Gasteiger partial charge >= 0.3 is 5.97 Å². The second-order valence-corrected chi connectivity index (χ2v) is 7.32. The molecule has 1 N–H and O–H groups in total. The van der Waals surface area contributed by atoms with Crippen molar-refractivity contribution in [2.24, 2.45) is 0 Å². The van der Waals surface area contributed by atoms with Gasteiger partial charge in [0, 0.05) is 6.04 Å². The summed E-state index contributed by atoms with van der Waals surface area (Å²) in [6, 6.07) is 11.5. The predicted molar refractivity (Wildman–Crippen MR) is 105 cm³/mol. The number of imide groups is 1. The van der Waals surface area contributed by atoms with Crippen LogP contribution in [0.2, 0.25) is 0 Å². The van der Waals surface area contributed by atoms with E-state index in [1.165, 1.54) is 25.1 Å². The van der Waals surface area contributed by atoms with Crippen LogP contribution in [0.5, 0.6) is 0 Å². The smallest absolute Gasteiger partial charge is 0.338 e. The highest BCUT2D eigenvalue weighted by atomic mass is 16.5. The van der Waals surface area contributed by atoms with Gasteiger partial charge in [0.1, 0.15) is 0 Å². The van der Waals surface area contributed by atoms with Crippen LogP contribution < -0.4 is 10.2 Å². The third-order valence-electron chi connectivity index (χ3n) is 5.06. The number of carbonyl (C=O) groups excluding carboxylic acids is 4. The first kappa shape index (κ1) is 18.9. The number of fused-ring (bicyclic) bond motifs is 1. The SMILES string of the molecule is Cc1ccccc1N1C(=O)c2ccc(C(=O)O[C@@H](C)C(=O)NC3CC3)cc2C1=O. The summed E-state index contributed by atoms with van der Waals surface area (Å²) in [5, 5.41) is 2.77.